The summed E-state index contributed by atoms with van der Waals surface area (Å²) in [6.07, 6.45) is 3.90. The van der Waals surface area contributed by atoms with Gasteiger partial charge in [-0.2, -0.15) is 0 Å². The van der Waals surface area contributed by atoms with Gasteiger partial charge in [0.05, 0.1) is 5.52 Å². The molecule has 0 unspecified atom stereocenters. The number of nitrogens with zero attached hydrogens (tertiary/aromatic N) is 2. The fourth-order valence-corrected chi connectivity index (χ4v) is 2.56. The fourth-order valence-electron chi connectivity index (χ4n) is 2.56. The lowest BCUT2D eigenvalue weighted by Crippen LogP contribution is -2.10. The van der Waals surface area contributed by atoms with E-state index in [9.17, 15) is 0 Å². The van der Waals surface area contributed by atoms with Crippen molar-refractivity contribution in [2.24, 2.45) is 0 Å². The molecule has 1 aromatic heterocycles. The first kappa shape index (κ1) is 17.6. The number of benzene rings is 1. The van der Waals surface area contributed by atoms with Crippen LogP contribution < -0.4 is 0 Å². The van der Waals surface area contributed by atoms with Crippen LogP contribution in [0.4, 0.5) is 0 Å². The lowest BCUT2D eigenvalue weighted by atomic mass is 10.1. The standard InChI is InChI=1S/C12H13N.C5H11N.C2H6/c1-3-10-8-9(2)13-12-7-5-4-6-11(10)12;1-6-4-2-3-5-6;1-2/h4-8H,3H2,1-2H3;2-5H2,1H3;1-2H3. The molecule has 0 atom stereocenters. The van der Waals surface area contributed by atoms with Crippen molar-refractivity contribution in [3.05, 3.63) is 41.6 Å². The van der Waals surface area contributed by atoms with Crippen molar-refractivity contribution in [1.82, 2.24) is 9.88 Å². The number of fused-ring (bicyclic) bond motifs is 1. The number of pyridine rings is 1. The molecule has 1 aliphatic heterocycles. The van der Waals surface area contributed by atoms with E-state index in [4.69, 9.17) is 0 Å². The van der Waals surface area contributed by atoms with Crippen molar-refractivity contribution in [2.75, 3.05) is 20.1 Å². The summed E-state index contributed by atoms with van der Waals surface area (Å²) in [7, 11) is 2.17. The molecule has 0 aliphatic carbocycles. The molecule has 2 aromatic rings. The van der Waals surface area contributed by atoms with Gasteiger partial charge in [0, 0.05) is 11.1 Å². The summed E-state index contributed by atoms with van der Waals surface area (Å²) in [6, 6.07) is 10.5. The van der Waals surface area contributed by atoms with Gasteiger partial charge >= 0.3 is 0 Å². The van der Waals surface area contributed by atoms with E-state index in [1.165, 1.54) is 36.9 Å². The van der Waals surface area contributed by atoms with E-state index >= 15 is 0 Å². The van der Waals surface area contributed by atoms with Crippen LogP contribution in [0, 0.1) is 6.92 Å². The van der Waals surface area contributed by atoms with Crippen molar-refractivity contribution in [2.45, 2.75) is 47.0 Å². The second-order valence-corrected chi connectivity index (χ2v) is 5.30. The average molecular weight is 286 g/mol. The third-order valence-corrected chi connectivity index (χ3v) is 3.64. The molecule has 0 N–H and O–H groups in total. The smallest absolute Gasteiger partial charge is 0.0707 e. The molecule has 0 bridgehead atoms. The minimum atomic E-state index is 1.07. The molecule has 0 amide bonds. The Bertz CT molecular complexity index is 528. The number of likely N-dealkylation sites (tertiary alicyclic amines) is 1. The van der Waals surface area contributed by atoms with Crippen molar-refractivity contribution < 1.29 is 0 Å². The summed E-state index contributed by atoms with van der Waals surface area (Å²) in [5.74, 6) is 0. The van der Waals surface area contributed by atoms with E-state index in [1.807, 2.05) is 26.8 Å². The highest BCUT2D eigenvalue weighted by molar-refractivity contribution is 5.82. The summed E-state index contributed by atoms with van der Waals surface area (Å²) < 4.78 is 0. The Labute approximate surface area is 130 Å². The van der Waals surface area contributed by atoms with Gasteiger partial charge in [0.25, 0.3) is 0 Å². The second-order valence-electron chi connectivity index (χ2n) is 5.30. The molecule has 2 heteroatoms. The molecule has 116 valence electrons. The SMILES string of the molecule is CC.CCc1cc(C)nc2ccccc12.CN1CCCC1. The van der Waals surface area contributed by atoms with Crippen molar-refractivity contribution >= 4 is 10.9 Å². The largest absolute Gasteiger partial charge is 0.306 e. The summed E-state index contributed by atoms with van der Waals surface area (Å²) in [6.45, 7) is 10.9. The molecule has 0 radical (unpaired) electrons. The minimum absolute atomic E-state index is 1.07. The number of aromatic nitrogens is 1. The lowest BCUT2D eigenvalue weighted by Gasteiger charge is -2.04. The molecule has 2 nitrogen and oxygen atoms in total. The first-order valence-electron chi connectivity index (χ1n) is 8.24. The van der Waals surface area contributed by atoms with E-state index in [0.29, 0.717) is 0 Å². The first-order chi connectivity index (χ1) is 10.2. The molecule has 2 heterocycles. The number of hydrogen-bond acceptors (Lipinski definition) is 2. The Morgan fingerprint density at radius 1 is 1.10 bits per heavy atom. The Morgan fingerprint density at radius 2 is 1.71 bits per heavy atom. The van der Waals surface area contributed by atoms with Crippen LogP contribution in [-0.2, 0) is 6.42 Å². The normalized spacial score (nSPS) is 14.1. The molecule has 1 fully saturated rings. The van der Waals surface area contributed by atoms with Crippen molar-refractivity contribution in [3.8, 4) is 0 Å². The first-order valence-corrected chi connectivity index (χ1v) is 8.24. The van der Waals surface area contributed by atoms with Crippen LogP contribution in [0.1, 0.15) is 44.9 Å². The number of para-hydroxylation sites is 1. The predicted molar refractivity (Wildman–Crippen MR) is 93.9 cm³/mol. The van der Waals surface area contributed by atoms with Crippen LogP contribution in [-0.4, -0.2) is 30.0 Å². The van der Waals surface area contributed by atoms with Gasteiger partial charge in [0.15, 0.2) is 0 Å². The Morgan fingerprint density at radius 3 is 2.24 bits per heavy atom. The summed E-state index contributed by atoms with van der Waals surface area (Å²) in [5.41, 5.74) is 3.61. The summed E-state index contributed by atoms with van der Waals surface area (Å²) in [5, 5.41) is 1.29. The summed E-state index contributed by atoms with van der Waals surface area (Å²) >= 11 is 0. The molecule has 0 saturated carbocycles. The minimum Gasteiger partial charge on any atom is -0.306 e. The Hall–Kier alpha value is -1.41. The molecule has 1 aromatic carbocycles. The van der Waals surface area contributed by atoms with Gasteiger partial charge in [0.2, 0.25) is 0 Å². The lowest BCUT2D eigenvalue weighted by molar-refractivity contribution is 0.418. The molecular weight excluding hydrogens is 256 g/mol. The van der Waals surface area contributed by atoms with Crippen LogP contribution in [0.15, 0.2) is 30.3 Å². The van der Waals surface area contributed by atoms with Crippen molar-refractivity contribution in [1.29, 1.82) is 0 Å². The van der Waals surface area contributed by atoms with Gasteiger partial charge in [0.1, 0.15) is 0 Å². The molecule has 3 rings (SSSR count). The van der Waals surface area contributed by atoms with Gasteiger partial charge in [-0.05, 0) is 64.0 Å². The second kappa shape index (κ2) is 9.51. The highest BCUT2D eigenvalue weighted by atomic mass is 15.1. The maximum atomic E-state index is 4.48. The molecule has 0 spiro atoms. The van der Waals surface area contributed by atoms with Crippen LogP contribution in [0.25, 0.3) is 10.9 Å². The molecule has 21 heavy (non-hydrogen) atoms. The van der Waals surface area contributed by atoms with Crippen LogP contribution in [0.5, 0.6) is 0 Å². The maximum absolute atomic E-state index is 4.48. The quantitative estimate of drug-likeness (QED) is 0.745. The van der Waals surface area contributed by atoms with Gasteiger partial charge in [-0.25, -0.2) is 0 Å². The Kier molecular flexibility index (Phi) is 7.99. The van der Waals surface area contributed by atoms with Gasteiger partial charge < -0.3 is 4.90 Å². The van der Waals surface area contributed by atoms with E-state index in [-0.39, 0.29) is 0 Å². The third-order valence-electron chi connectivity index (χ3n) is 3.64. The van der Waals surface area contributed by atoms with E-state index in [0.717, 1.165) is 17.6 Å². The van der Waals surface area contributed by atoms with Gasteiger partial charge in [-0.15, -0.1) is 0 Å². The van der Waals surface area contributed by atoms with E-state index in [2.05, 4.69) is 48.1 Å². The zero-order chi connectivity index (χ0) is 15.7. The number of rotatable bonds is 1. The van der Waals surface area contributed by atoms with Gasteiger partial charge in [-0.1, -0.05) is 39.0 Å². The predicted octanol–water partition coefficient (Wildman–Crippen LogP) is 4.84. The maximum Gasteiger partial charge on any atom is 0.0707 e. The average Bonchev–Trinajstić information content (AvgIpc) is 3.00. The van der Waals surface area contributed by atoms with Gasteiger partial charge in [-0.3, -0.25) is 4.98 Å². The third kappa shape index (κ3) is 5.47. The monoisotopic (exact) mass is 286 g/mol. The highest BCUT2D eigenvalue weighted by Gasteiger charge is 2.03. The van der Waals surface area contributed by atoms with E-state index in [1.54, 1.807) is 0 Å². The number of hydrogen-bond donors (Lipinski definition) is 0. The molecule has 1 saturated heterocycles. The molecular formula is C19H30N2. The van der Waals surface area contributed by atoms with Crippen molar-refractivity contribution in [3.63, 3.8) is 0 Å². The Balaban J connectivity index is 0.000000231. The van der Waals surface area contributed by atoms with Crippen LogP contribution >= 0.6 is 0 Å². The zero-order valence-corrected chi connectivity index (χ0v) is 14.3. The zero-order valence-electron chi connectivity index (χ0n) is 14.3. The fraction of sp³-hybridized carbons (Fsp3) is 0.526. The summed E-state index contributed by atoms with van der Waals surface area (Å²) in [4.78, 5) is 6.85. The van der Waals surface area contributed by atoms with Crippen LogP contribution in [0.3, 0.4) is 0 Å². The molecule has 1 aliphatic rings. The number of aryl methyl sites for hydroxylation is 2. The van der Waals surface area contributed by atoms with Crippen LogP contribution in [0.2, 0.25) is 0 Å². The van der Waals surface area contributed by atoms with E-state index < -0.39 is 0 Å². The topological polar surface area (TPSA) is 16.1 Å². The highest BCUT2D eigenvalue weighted by Crippen LogP contribution is 2.18.